The average molecular weight is 1090 g/mol. The first-order valence-corrected chi connectivity index (χ1v) is 26.4. The van der Waals surface area contributed by atoms with Crippen molar-refractivity contribution in [1.82, 2.24) is 9.13 Å². The van der Waals surface area contributed by atoms with Crippen LogP contribution in [0.4, 0.5) is 17.6 Å². The van der Waals surface area contributed by atoms with Crippen molar-refractivity contribution in [3.8, 4) is 11.4 Å². The maximum absolute atomic E-state index is 14.2. The van der Waals surface area contributed by atoms with Crippen LogP contribution >= 0.6 is 7.14 Å². The molecule has 77 heavy (non-hydrogen) atoms. The number of rotatable bonds is 8. The minimum Gasteiger partial charge on any atom is -0.382 e. The standard InChI is InChI=1S/C22H21O2P.C13H16O2.2C10H6F2N.2C5H5.Ti/c1-16-14-17(2)21(18(3)15-16)22(23)25(24,19-10-6-4-7-11-19)20-12-8-5-9-13-20;14-12(11-7-3-1-4-8-11)13(15)9-5-2-6-10-13;2*11-8-3-4-10(9(12)7-8)13-5-1-2-6-13;2*1-2-4-5-3-1;/h4-15H,1-3H3;1,3-4,7-8,15H,2,5-6,9-10H2;2*1-6H;2*1-5H;/q;;4*-1;+4. The average Bonchev–Trinajstić information content (AvgIpc) is 4.31. The minimum absolute atomic E-state index is 0. The Bertz CT molecular complexity index is 3120. The van der Waals surface area contributed by atoms with Gasteiger partial charge in [0, 0.05) is 45.0 Å². The summed E-state index contributed by atoms with van der Waals surface area (Å²) in [5, 5.41) is 11.4. The van der Waals surface area contributed by atoms with E-state index >= 15 is 0 Å². The summed E-state index contributed by atoms with van der Waals surface area (Å²) in [5.41, 5.74) is 3.24. The number of carbonyl (C=O) groups excluding carboxylic acids is 2. The number of ketones is 1. The zero-order valence-electron chi connectivity index (χ0n) is 43.1. The van der Waals surface area contributed by atoms with Crippen molar-refractivity contribution in [2.75, 3.05) is 0 Å². The van der Waals surface area contributed by atoms with Crippen molar-refractivity contribution in [2.24, 2.45) is 0 Å². The first kappa shape index (κ1) is 60.4. The summed E-state index contributed by atoms with van der Waals surface area (Å²) in [6.45, 7) is 5.82. The smallest absolute Gasteiger partial charge is 0.382 e. The molecule has 12 heteroatoms. The van der Waals surface area contributed by atoms with Gasteiger partial charge >= 0.3 is 21.7 Å². The van der Waals surface area contributed by atoms with E-state index in [0.29, 0.717) is 46.0 Å². The number of aryl methyl sites for hydroxylation is 3. The number of Topliss-reactive ketones (excluding diaryl/α,β-unsaturated/α-hetero) is 1. The summed E-state index contributed by atoms with van der Waals surface area (Å²) in [5.74, 6) is -2.85. The van der Waals surface area contributed by atoms with Crippen LogP contribution in [0, 0.1) is 56.2 Å². The second kappa shape index (κ2) is 30.3. The fourth-order valence-electron chi connectivity index (χ4n) is 8.46. The van der Waals surface area contributed by atoms with Gasteiger partial charge in [-0.1, -0.05) is 128 Å². The number of halogens is 4. The van der Waals surface area contributed by atoms with Crippen LogP contribution in [0.1, 0.15) is 69.5 Å². The van der Waals surface area contributed by atoms with Gasteiger partial charge in [0.05, 0.1) is 0 Å². The molecule has 8 aromatic carbocycles. The van der Waals surface area contributed by atoms with Gasteiger partial charge in [0.25, 0.3) is 0 Å². The van der Waals surface area contributed by atoms with Crippen molar-refractivity contribution < 1.29 is 58.5 Å². The first-order valence-electron chi connectivity index (χ1n) is 24.7. The quantitative estimate of drug-likeness (QED) is 0.0540. The molecule has 1 saturated carbocycles. The maximum atomic E-state index is 14.2. The number of aliphatic hydroxyl groups is 1. The summed E-state index contributed by atoms with van der Waals surface area (Å²) in [4.78, 5) is 25.6. The monoisotopic (exact) mass is 1090 g/mol. The van der Waals surface area contributed by atoms with Crippen LogP contribution in [0.3, 0.4) is 0 Å². The van der Waals surface area contributed by atoms with Crippen LogP contribution in [0.25, 0.3) is 11.4 Å². The maximum Gasteiger partial charge on any atom is 4.00 e. The largest absolute Gasteiger partial charge is 4.00 e. The van der Waals surface area contributed by atoms with E-state index in [1.165, 1.54) is 24.3 Å². The third kappa shape index (κ3) is 17.3. The molecule has 0 radical (unpaired) electrons. The molecule has 0 aliphatic heterocycles. The second-order valence-electron chi connectivity index (χ2n) is 17.8. The van der Waals surface area contributed by atoms with E-state index in [4.69, 9.17) is 0 Å². The molecule has 1 fully saturated rings. The number of nitrogens with zero attached hydrogens (tertiary/aromatic N) is 2. The zero-order chi connectivity index (χ0) is 54.3. The Hall–Kier alpha value is -7.46. The van der Waals surface area contributed by atoms with Crippen LogP contribution in [0.5, 0.6) is 0 Å². The molecule has 0 amide bonds. The van der Waals surface area contributed by atoms with Crippen molar-refractivity contribution in [2.45, 2.75) is 58.5 Å². The Labute approximate surface area is 464 Å². The molecule has 0 bridgehead atoms. The Morgan fingerprint density at radius 1 is 0.532 bits per heavy atom. The molecule has 0 unspecified atom stereocenters. The minimum atomic E-state index is -3.44. The molecule has 10 aromatic rings. The molecule has 0 spiro atoms. The summed E-state index contributed by atoms with van der Waals surface area (Å²) in [7, 11) is -3.44. The van der Waals surface area contributed by atoms with Gasteiger partial charge in [0.15, 0.2) is 5.78 Å². The Morgan fingerprint density at radius 3 is 1.26 bits per heavy atom. The predicted octanol–water partition coefficient (Wildman–Crippen LogP) is 15.3. The van der Waals surface area contributed by atoms with E-state index in [0.717, 1.165) is 36.0 Å². The van der Waals surface area contributed by atoms with Crippen molar-refractivity contribution >= 4 is 29.1 Å². The van der Waals surface area contributed by atoms with Gasteiger partial charge in [0.1, 0.15) is 5.60 Å². The summed E-state index contributed by atoms with van der Waals surface area (Å²) >= 11 is 0. The van der Waals surface area contributed by atoms with Crippen LogP contribution in [0.15, 0.2) is 237 Å². The van der Waals surface area contributed by atoms with E-state index in [9.17, 15) is 36.8 Å². The number of aromatic nitrogens is 2. The Balaban J connectivity index is 0.000000183. The fraction of sp³-hybridized carbons (Fsp3) is 0.138. The number of hydrogen-bond acceptors (Lipinski definition) is 4. The molecule has 0 atom stereocenters. The van der Waals surface area contributed by atoms with Gasteiger partial charge in [-0.05, 0) is 105 Å². The van der Waals surface area contributed by atoms with Crippen LogP contribution < -0.4 is 10.6 Å². The molecule has 6 nitrogen and oxygen atoms in total. The van der Waals surface area contributed by atoms with Gasteiger partial charge in [0.2, 0.25) is 12.7 Å². The van der Waals surface area contributed by atoms with Crippen LogP contribution in [-0.2, 0) is 26.3 Å². The Kier molecular flexibility index (Phi) is 23.8. The fourth-order valence-corrected chi connectivity index (χ4v) is 11.1. The number of benzene rings is 6. The van der Waals surface area contributed by atoms with Crippen molar-refractivity contribution in [1.29, 1.82) is 0 Å². The molecular formula is C65H59F4N2O4PTi. The van der Waals surface area contributed by atoms with Crippen LogP contribution in [-0.4, -0.2) is 31.1 Å². The third-order valence-corrected chi connectivity index (χ3v) is 15.0. The van der Waals surface area contributed by atoms with Crippen LogP contribution in [0.2, 0.25) is 0 Å². The topological polar surface area (TPSA) is 81.3 Å². The predicted molar refractivity (Wildman–Crippen MR) is 297 cm³/mol. The Morgan fingerprint density at radius 2 is 0.909 bits per heavy atom. The van der Waals surface area contributed by atoms with Gasteiger partial charge in [-0.15, -0.1) is 36.4 Å². The van der Waals surface area contributed by atoms with E-state index in [1.807, 2.05) is 160 Å². The number of carbonyl (C=O) groups is 2. The number of hydrogen-bond donors (Lipinski definition) is 1. The SMILES string of the molecule is Cc1cc(C)c(C(=O)P(=O)(c2ccccc2)c2ccccc2)c(C)c1.Fc1[c-]c(F)c(-n2cccc2)cc1.Fc1[c-]c(F)c(-n2cccc2)cc1.O=C(c1ccccc1)C1(O)CCCCC1.[Ti+4].c1cc[cH-]c1.c1cc[cH-]c1. The molecule has 390 valence electrons. The molecule has 2 aromatic heterocycles. The molecule has 0 saturated heterocycles. The van der Waals surface area contributed by atoms with E-state index in [-0.39, 0.29) is 33.0 Å². The van der Waals surface area contributed by atoms with Crippen molar-refractivity contribution in [3.05, 3.63) is 300 Å². The van der Waals surface area contributed by atoms with E-state index in [2.05, 4.69) is 0 Å². The third-order valence-electron chi connectivity index (χ3n) is 12.1. The van der Waals surface area contributed by atoms with Gasteiger partial charge in [-0.3, -0.25) is 9.59 Å². The molecule has 1 N–H and O–H groups in total. The van der Waals surface area contributed by atoms with Gasteiger partial charge in [-0.25, -0.2) is 41.8 Å². The van der Waals surface area contributed by atoms with E-state index < -0.39 is 36.0 Å². The summed E-state index contributed by atoms with van der Waals surface area (Å²) in [6, 6.07) is 67.3. The summed E-state index contributed by atoms with van der Waals surface area (Å²) in [6.07, 6.45) is 11.0. The molecule has 11 rings (SSSR count). The zero-order valence-corrected chi connectivity index (χ0v) is 45.5. The normalized spacial score (nSPS) is 12.1. The molecule has 1 aliphatic rings. The molecular weight excluding hydrogens is 1030 g/mol. The van der Waals surface area contributed by atoms with E-state index in [1.54, 1.807) is 94.6 Å². The van der Waals surface area contributed by atoms with Crippen molar-refractivity contribution in [3.63, 3.8) is 0 Å². The van der Waals surface area contributed by atoms with Gasteiger partial charge < -0.3 is 18.8 Å². The first-order chi connectivity index (χ1) is 36.7. The molecule has 1 aliphatic carbocycles. The summed E-state index contributed by atoms with van der Waals surface area (Å²) < 4.78 is 68.4. The second-order valence-corrected chi connectivity index (χ2v) is 20.4. The van der Waals surface area contributed by atoms with Gasteiger partial charge in [-0.2, -0.15) is 36.4 Å². The molecule has 2 heterocycles.